The Balaban J connectivity index is 0.00000400. The highest BCUT2D eigenvalue weighted by molar-refractivity contribution is 14.0. The first-order chi connectivity index (χ1) is 9.47. The van der Waals surface area contributed by atoms with Crippen LogP contribution in [0.4, 0.5) is 4.39 Å². The average molecular weight is 406 g/mol. The number of nitrogens with zero attached hydrogens (tertiary/aromatic N) is 2. The van der Waals surface area contributed by atoms with E-state index in [0.717, 1.165) is 24.2 Å². The minimum atomic E-state index is -0.209. The fourth-order valence-electron chi connectivity index (χ4n) is 1.63. The first-order valence-electron chi connectivity index (χ1n) is 6.58. The molecule has 0 saturated carbocycles. The molecule has 6 heteroatoms. The smallest absolute Gasteiger partial charge is 0.188 e. The number of halogens is 2. The van der Waals surface area contributed by atoms with E-state index >= 15 is 0 Å². The Hall–Kier alpha value is -1.15. The van der Waals surface area contributed by atoms with E-state index in [9.17, 15) is 4.39 Å². The molecule has 0 aliphatic rings. The van der Waals surface area contributed by atoms with Gasteiger partial charge in [-0.3, -0.25) is 0 Å². The molecule has 3 N–H and O–H groups in total. The third-order valence-electron chi connectivity index (χ3n) is 2.68. The minimum absolute atomic E-state index is 0. The quantitative estimate of drug-likeness (QED) is 0.317. The predicted molar refractivity (Wildman–Crippen MR) is 97.5 cm³/mol. The molecule has 21 heavy (non-hydrogen) atoms. The molecule has 0 atom stereocenters. The van der Waals surface area contributed by atoms with E-state index < -0.39 is 0 Å². The van der Waals surface area contributed by atoms with Crippen molar-refractivity contribution in [2.24, 2.45) is 10.7 Å². The average Bonchev–Trinajstić information content (AvgIpc) is 2.39. The van der Waals surface area contributed by atoms with Crippen LogP contribution in [0, 0.1) is 5.82 Å². The van der Waals surface area contributed by atoms with Crippen molar-refractivity contribution in [3.63, 3.8) is 0 Å². The normalized spacial score (nSPS) is 11.1. The summed E-state index contributed by atoms with van der Waals surface area (Å²) >= 11 is 0. The summed E-state index contributed by atoms with van der Waals surface area (Å²) < 4.78 is 12.8. The molecule has 0 radical (unpaired) electrons. The number of likely N-dealkylation sites (N-methyl/N-ethyl adjacent to an activating group) is 1. The summed E-state index contributed by atoms with van der Waals surface area (Å²) in [6, 6.07) is 6.54. The summed E-state index contributed by atoms with van der Waals surface area (Å²) in [5, 5.41) is 3.05. The van der Waals surface area contributed by atoms with Crippen molar-refractivity contribution in [1.82, 2.24) is 10.2 Å². The first kappa shape index (κ1) is 19.9. The Kier molecular flexibility index (Phi) is 9.98. The fraction of sp³-hybridized carbons (Fsp3) is 0.400. The predicted octanol–water partition coefficient (Wildman–Crippen LogP) is 2.36. The van der Waals surface area contributed by atoms with E-state index in [4.69, 9.17) is 5.73 Å². The Morgan fingerprint density at radius 1 is 1.38 bits per heavy atom. The van der Waals surface area contributed by atoms with E-state index in [2.05, 4.69) is 21.8 Å². The zero-order valence-electron chi connectivity index (χ0n) is 12.6. The number of aliphatic imine (C=N–C) groups is 1. The highest BCUT2D eigenvalue weighted by atomic mass is 127. The molecule has 0 aliphatic heterocycles. The van der Waals surface area contributed by atoms with Crippen LogP contribution < -0.4 is 11.1 Å². The molecule has 0 spiro atoms. The molecule has 0 aliphatic carbocycles. The number of rotatable bonds is 7. The highest BCUT2D eigenvalue weighted by Crippen LogP contribution is 2.04. The van der Waals surface area contributed by atoms with Gasteiger partial charge in [-0.25, -0.2) is 9.38 Å². The van der Waals surface area contributed by atoms with Crippen LogP contribution in [0.1, 0.15) is 12.5 Å². The zero-order chi connectivity index (χ0) is 15.0. The van der Waals surface area contributed by atoms with Crippen molar-refractivity contribution >= 4 is 29.9 Å². The van der Waals surface area contributed by atoms with Crippen LogP contribution in [0.3, 0.4) is 0 Å². The lowest BCUT2D eigenvalue weighted by Gasteiger charge is -2.17. The lowest BCUT2D eigenvalue weighted by atomic mass is 10.2. The number of guanidine groups is 1. The molecular weight excluding hydrogens is 382 g/mol. The molecule has 0 saturated heterocycles. The molecule has 0 unspecified atom stereocenters. The van der Waals surface area contributed by atoms with E-state index in [-0.39, 0.29) is 29.8 Å². The van der Waals surface area contributed by atoms with Crippen molar-refractivity contribution in [2.75, 3.05) is 26.7 Å². The van der Waals surface area contributed by atoms with Gasteiger partial charge in [0.15, 0.2) is 5.96 Å². The van der Waals surface area contributed by atoms with Gasteiger partial charge in [-0.15, -0.1) is 24.0 Å². The van der Waals surface area contributed by atoms with Crippen LogP contribution in [0.2, 0.25) is 0 Å². The molecular formula is C15H24FIN4. The molecule has 1 aromatic carbocycles. The van der Waals surface area contributed by atoms with Crippen LogP contribution in [-0.4, -0.2) is 37.5 Å². The number of nitrogens with one attached hydrogen (secondary N) is 1. The molecule has 118 valence electrons. The second-order valence-corrected chi connectivity index (χ2v) is 4.95. The topological polar surface area (TPSA) is 53.6 Å². The molecule has 1 aromatic rings. The van der Waals surface area contributed by atoms with Crippen molar-refractivity contribution in [3.8, 4) is 0 Å². The largest absolute Gasteiger partial charge is 0.370 e. The number of benzene rings is 1. The van der Waals surface area contributed by atoms with Gasteiger partial charge in [0.1, 0.15) is 5.82 Å². The maximum Gasteiger partial charge on any atom is 0.188 e. The van der Waals surface area contributed by atoms with E-state index in [1.165, 1.54) is 12.1 Å². The second-order valence-electron chi connectivity index (χ2n) is 4.95. The molecule has 0 bridgehead atoms. The van der Waals surface area contributed by atoms with Gasteiger partial charge in [-0.2, -0.15) is 0 Å². The Morgan fingerprint density at radius 2 is 2.00 bits per heavy atom. The molecule has 1 rings (SSSR count). The molecule has 0 heterocycles. The van der Waals surface area contributed by atoms with Gasteiger partial charge in [0.25, 0.3) is 0 Å². The Morgan fingerprint density at radius 3 is 2.57 bits per heavy atom. The third kappa shape index (κ3) is 9.41. The van der Waals surface area contributed by atoms with Crippen molar-refractivity contribution in [2.45, 2.75) is 13.5 Å². The fourth-order valence-corrected chi connectivity index (χ4v) is 1.63. The SMILES string of the molecule is C=C(C)CN=C(N)NCCN(C)Cc1ccc(F)cc1.I. The Bertz CT molecular complexity index is 459. The summed E-state index contributed by atoms with van der Waals surface area (Å²) in [6.45, 7) is 8.52. The Labute approximate surface area is 143 Å². The second kappa shape index (κ2) is 10.6. The first-order valence-corrected chi connectivity index (χ1v) is 6.58. The summed E-state index contributed by atoms with van der Waals surface area (Å²) in [6.07, 6.45) is 0. The van der Waals surface area contributed by atoms with E-state index in [1.807, 2.05) is 14.0 Å². The van der Waals surface area contributed by atoms with Gasteiger partial charge in [-0.1, -0.05) is 24.3 Å². The van der Waals surface area contributed by atoms with E-state index in [0.29, 0.717) is 19.0 Å². The third-order valence-corrected chi connectivity index (χ3v) is 2.68. The van der Waals surface area contributed by atoms with Crippen LogP contribution in [-0.2, 0) is 6.54 Å². The van der Waals surface area contributed by atoms with Gasteiger partial charge in [0.05, 0.1) is 6.54 Å². The van der Waals surface area contributed by atoms with E-state index in [1.54, 1.807) is 12.1 Å². The monoisotopic (exact) mass is 406 g/mol. The summed E-state index contributed by atoms with van der Waals surface area (Å²) in [4.78, 5) is 6.27. The van der Waals surface area contributed by atoms with Crippen molar-refractivity contribution in [1.29, 1.82) is 0 Å². The van der Waals surface area contributed by atoms with Gasteiger partial charge in [0.2, 0.25) is 0 Å². The van der Waals surface area contributed by atoms with Crippen molar-refractivity contribution in [3.05, 3.63) is 47.8 Å². The van der Waals surface area contributed by atoms with Crippen LogP contribution >= 0.6 is 24.0 Å². The lowest BCUT2D eigenvalue weighted by Crippen LogP contribution is -2.37. The standard InChI is InChI=1S/C15H23FN4.HI/c1-12(2)10-19-15(17)18-8-9-20(3)11-13-4-6-14(16)7-5-13;/h4-7H,1,8-11H2,2-3H3,(H3,17,18,19);1H. The van der Waals surface area contributed by atoms with Gasteiger partial charge in [-0.05, 0) is 31.7 Å². The van der Waals surface area contributed by atoms with Gasteiger partial charge in [0, 0.05) is 19.6 Å². The number of hydrogen-bond acceptors (Lipinski definition) is 2. The zero-order valence-corrected chi connectivity index (χ0v) is 14.9. The minimum Gasteiger partial charge on any atom is -0.370 e. The van der Waals surface area contributed by atoms with Crippen molar-refractivity contribution < 1.29 is 4.39 Å². The van der Waals surface area contributed by atoms with Crippen LogP contribution in [0.15, 0.2) is 41.4 Å². The molecule has 0 fully saturated rings. The van der Waals surface area contributed by atoms with Crippen LogP contribution in [0.5, 0.6) is 0 Å². The summed E-state index contributed by atoms with van der Waals surface area (Å²) in [5.41, 5.74) is 7.77. The maximum atomic E-state index is 12.8. The lowest BCUT2D eigenvalue weighted by molar-refractivity contribution is 0.331. The number of hydrogen-bond donors (Lipinski definition) is 2. The summed E-state index contributed by atoms with van der Waals surface area (Å²) in [5.74, 6) is 0.225. The highest BCUT2D eigenvalue weighted by Gasteiger charge is 2.01. The maximum absolute atomic E-state index is 12.8. The molecule has 4 nitrogen and oxygen atoms in total. The van der Waals surface area contributed by atoms with Crippen LogP contribution in [0.25, 0.3) is 0 Å². The molecule has 0 amide bonds. The van der Waals surface area contributed by atoms with Gasteiger partial charge < -0.3 is 16.0 Å². The van der Waals surface area contributed by atoms with Gasteiger partial charge >= 0.3 is 0 Å². The number of nitrogens with two attached hydrogens (primary N) is 1. The summed E-state index contributed by atoms with van der Waals surface area (Å²) in [7, 11) is 2.01. The molecule has 0 aromatic heterocycles.